The third-order valence-corrected chi connectivity index (χ3v) is 5.08. The maximum atomic E-state index is 12.5. The molecule has 4 nitrogen and oxygen atoms in total. The molecule has 28 heavy (non-hydrogen) atoms. The number of fused-ring (bicyclic) bond motifs is 1. The van der Waals surface area contributed by atoms with Gasteiger partial charge in [0, 0.05) is 17.0 Å². The Labute approximate surface area is 166 Å². The van der Waals surface area contributed by atoms with Crippen molar-refractivity contribution in [2.75, 3.05) is 7.11 Å². The Kier molecular flexibility index (Phi) is 6.75. The van der Waals surface area contributed by atoms with Crippen LogP contribution in [0, 0.1) is 6.92 Å². The molecular formula is C24H28O4. The Hall–Kier alpha value is -2.75. The number of aryl methyl sites for hydroxylation is 1. The molecule has 4 heteroatoms. The Morgan fingerprint density at radius 1 is 1.00 bits per heavy atom. The number of unbranched alkanes of at least 4 members (excludes halogenated alkanes) is 3. The molecule has 0 fully saturated rings. The molecule has 0 spiro atoms. The molecule has 3 aromatic rings. The summed E-state index contributed by atoms with van der Waals surface area (Å²) in [6, 6.07) is 13.5. The van der Waals surface area contributed by atoms with Gasteiger partial charge in [0.05, 0.1) is 7.11 Å². The predicted molar refractivity (Wildman–Crippen MR) is 112 cm³/mol. The van der Waals surface area contributed by atoms with Crippen LogP contribution in [0.4, 0.5) is 0 Å². The van der Waals surface area contributed by atoms with Crippen molar-refractivity contribution in [3.8, 4) is 11.5 Å². The van der Waals surface area contributed by atoms with Crippen LogP contribution in [-0.4, -0.2) is 7.11 Å². The zero-order chi connectivity index (χ0) is 19.9. The van der Waals surface area contributed by atoms with E-state index in [9.17, 15) is 4.79 Å². The highest BCUT2D eigenvalue weighted by atomic mass is 16.5. The van der Waals surface area contributed by atoms with E-state index in [-0.39, 0.29) is 5.63 Å². The predicted octanol–water partition coefficient (Wildman–Crippen LogP) is 5.81. The molecule has 0 atom stereocenters. The van der Waals surface area contributed by atoms with Gasteiger partial charge in [-0.25, -0.2) is 4.79 Å². The number of methoxy groups -OCH3 is 1. The average Bonchev–Trinajstić information content (AvgIpc) is 2.71. The van der Waals surface area contributed by atoms with Crippen molar-refractivity contribution in [3.63, 3.8) is 0 Å². The lowest BCUT2D eigenvalue weighted by Gasteiger charge is -2.11. The van der Waals surface area contributed by atoms with Gasteiger partial charge in [-0.3, -0.25) is 0 Å². The van der Waals surface area contributed by atoms with E-state index in [1.54, 1.807) is 13.2 Å². The highest BCUT2D eigenvalue weighted by molar-refractivity contribution is 5.82. The topological polar surface area (TPSA) is 48.7 Å². The first-order valence-electron chi connectivity index (χ1n) is 9.94. The second kappa shape index (κ2) is 9.45. The molecule has 0 saturated carbocycles. The van der Waals surface area contributed by atoms with Gasteiger partial charge in [0.1, 0.15) is 23.7 Å². The van der Waals surface area contributed by atoms with Gasteiger partial charge in [-0.15, -0.1) is 0 Å². The summed E-state index contributed by atoms with van der Waals surface area (Å²) >= 11 is 0. The van der Waals surface area contributed by atoms with E-state index >= 15 is 0 Å². The second-order valence-electron chi connectivity index (χ2n) is 7.10. The third kappa shape index (κ3) is 4.75. The Balaban J connectivity index is 1.76. The van der Waals surface area contributed by atoms with E-state index < -0.39 is 0 Å². The van der Waals surface area contributed by atoms with Crippen LogP contribution < -0.4 is 15.1 Å². The molecule has 1 aromatic heterocycles. The summed E-state index contributed by atoms with van der Waals surface area (Å²) in [6.07, 6.45) is 5.32. The van der Waals surface area contributed by atoms with Gasteiger partial charge in [0.25, 0.3) is 0 Å². The normalized spacial score (nSPS) is 11.0. The SMILES string of the molecule is CCCCCCc1c(C)c2ccc(OCc3cccc(OC)c3)cc2oc1=O. The van der Waals surface area contributed by atoms with E-state index in [1.807, 2.05) is 43.3 Å². The summed E-state index contributed by atoms with van der Waals surface area (Å²) in [5.41, 5.74) is 3.17. The van der Waals surface area contributed by atoms with Gasteiger partial charge in [-0.05, 0) is 55.2 Å². The fourth-order valence-electron chi connectivity index (χ4n) is 3.41. The standard InChI is InChI=1S/C24H28O4/c1-4-5-6-7-11-22-17(2)21-13-12-20(15-23(21)28-24(22)25)27-16-18-9-8-10-19(14-18)26-3/h8-10,12-15H,4-7,11,16H2,1-3H3. The number of hydrogen-bond donors (Lipinski definition) is 0. The Morgan fingerprint density at radius 3 is 2.64 bits per heavy atom. The molecular weight excluding hydrogens is 352 g/mol. The van der Waals surface area contributed by atoms with Crippen LogP contribution in [0.3, 0.4) is 0 Å². The lowest BCUT2D eigenvalue weighted by Crippen LogP contribution is -2.10. The van der Waals surface area contributed by atoms with Crippen LogP contribution in [-0.2, 0) is 13.0 Å². The van der Waals surface area contributed by atoms with E-state index in [4.69, 9.17) is 13.9 Å². The van der Waals surface area contributed by atoms with E-state index in [2.05, 4.69) is 6.92 Å². The van der Waals surface area contributed by atoms with Crippen molar-refractivity contribution >= 4 is 11.0 Å². The summed E-state index contributed by atoms with van der Waals surface area (Å²) in [4.78, 5) is 12.5. The summed E-state index contributed by atoms with van der Waals surface area (Å²) in [5.74, 6) is 1.47. The van der Waals surface area contributed by atoms with Crippen LogP contribution in [0.5, 0.6) is 11.5 Å². The number of rotatable bonds is 9. The minimum absolute atomic E-state index is 0.230. The summed E-state index contributed by atoms with van der Waals surface area (Å²) in [7, 11) is 1.64. The van der Waals surface area contributed by atoms with Crippen molar-refractivity contribution in [2.24, 2.45) is 0 Å². The Morgan fingerprint density at radius 2 is 1.86 bits per heavy atom. The first-order chi connectivity index (χ1) is 13.6. The number of ether oxygens (including phenoxy) is 2. The first kappa shape index (κ1) is 20.0. The molecule has 0 aliphatic rings. The lowest BCUT2D eigenvalue weighted by molar-refractivity contribution is 0.305. The van der Waals surface area contributed by atoms with Crippen LogP contribution in [0.25, 0.3) is 11.0 Å². The zero-order valence-electron chi connectivity index (χ0n) is 16.9. The van der Waals surface area contributed by atoms with E-state index in [0.29, 0.717) is 17.9 Å². The van der Waals surface area contributed by atoms with E-state index in [0.717, 1.165) is 47.1 Å². The van der Waals surface area contributed by atoms with Crippen LogP contribution in [0.15, 0.2) is 51.7 Å². The highest BCUT2D eigenvalue weighted by Gasteiger charge is 2.12. The molecule has 0 bridgehead atoms. The van der Waals surface area contributed by atoms with Crippen molar-refractivity contribution in [3.05, 3.63) is 69.6 Å². The molecule has 0 aliphatic carbocycles. The second-order valence-corrected chi connectivity index (χ2v) is 7.10. The summed E-state index contributed by atoms with van der Waals surface area (Å²) in [5, 5.41) is 0.971. The van der Waals surface area contributed by atoms with Gasteiger partial charge >= 0.3 is 5.63 Å². The molecule has 0 radical (unpaired) electrons. The maximum Gasteiger partial charge on any atom is 0.339 e. The molecule has 0 unspecified atom stereocenters. The first-order valence-corrected chi connectivity index (χ1v) is 9.94. The lowest BCUT2D eigenvalue weighted by atomic mass is 10.0. The smallest absolute Gasteiger partial charge is 0.339 e. The summed E-state index contributed by atoms with van der Waals surface area (Å²) < 4.78 is 16.7. The van der Waals surface area contributed by atoms with Gasteiger partial charge in [0.15, 0.2) is 0 Å². The largest absolute Gasteiger partial charge is 0.497 e. The molecule has 0 saturated heterocycles. The van der Waals surface area contributed by atoms with Crippen molar-refractivity contribution in [1.82, 2.24) is 0 Å². The van der Waals surface area contributed by atoms with Gasteiger partial charge in [-0.2, -0.15) is 0 Å². The van der Waals surface area contributed by atoms with Crippen molar-refractivity contribution in [1.29, 1.82) is 0 Å². The van der Waals surface area contributed by atoms with Gasteiger partial charge < -0.3 is 13.9 Å². The quantitative estimate of drug-likeness (QED) is 0.347. The molecule has 0 amide bonds. The molecule has 2 aromatic carbocycles. The average molecular weight is 380 g/mol. The van der Waals surface area contributed by atoms with Crippen molar-refractivity contribution < 1.29 is 13.9 Å². The van der Waals surface area contributed by atoms with Gasteiger partial charge in [0.2, 0.25) is 0 Å². The fraction of sp³-hybridized carbons (Fsp3) is 0.375. The third-order valence-electron chi connectivity index (χ3n) is 5.08. The van der Waals surface area contributed by atoms with Crippen LogP contribution in [0.1, 0.15) is 49.3 Å². The van der Waals surface area contributed by atoms with E-state index in [1.165, 1.54) is 12.8 Å². The molecule has 0 aliphatic heterocycles. The van der Waals surface area contributed by atoms with Crippen LogP contribution >= 0.6 is 0 Å². The minimum atomic E-state index is -0.230. The Bertz CT molecular complexity index is 988. The molecule has 1 heterocycles. The number of hydrogen-bond acceptors (Lipinski definition) is 4. The fourth-order valence-corrected chi connectivity index (χ4v) is 3.41. The maximum absolute atomic E-state index is 12.5. The molecule has 3 rings (SSSR count). The minimum Gasteiger partial charge on any atom is -0.497 e. The van der Waals surface area contributed by atoms with Gasteiger partial charge in [-0.1, -0.05) is 38.3 Å². The number of benzene rings is 2. The molecule has 148 valence electrons. The molecule has 0 N–H and O–H groups in total. The van der Waals surface area contributed by atoms with Crippen molar-refractivity contribution in [2.45, 2.75) is 52.6 Å². The zero-order valence-corrected chi connectivity index (χ0v) is 16.9. The van der Waals surface area contributed by atoms with Crippen LogP contribution in [0.2, 0.25) is 0 Å². The highest BCUT2D eigenvalue weighted by Crippen LogP contribution is 2.26. The monoisotopic (exact) mass is 380 g/mol. The summed E-state index contributed by atoms with van der Waals surface area (Å²) in [6.45, 7) is 4.61.